The predicted octanol–water partition coefficient (Wildman–Crippen LogP) is 3.43. The lowest BCUT2D eigenvalue weighted by Crippen LogP contribution is -2.33. The minimum Gasteiger partial charge on any atom is -0.386 e. The number of nitrogens with zero attached hydrogens (tertiary/aromatic N) is 2. The van der Waals surface area contributed by atoms with Gasteiger partial charge in [0, 0.05) is 7.05 Å². The monoisotopic (exact) mass is 300 g/mol. The van der Waals surface area contributed by atoms with Gasteiger partial charge in [-0.05, 0) is 40.1 Å². The van der Waals surface area contributed by atoms with E-state index in [0.29, 0.717) is 5.92 Å². The number of hydrogen-bond acceptors (Lipinski definition) is 2. The zero-order valence-electron chi connectivity index (χ0n) is 10.8. The van der Waals surface area contributed by atoms with Gasteiger partial charge in [0.15, 0.2) is 0 Å². The van der Waals surface area contributed by atoms with Crippen LogP contribution in [0.4, 0.5) is 0 Å². The molecule has 0 saturated heterocycles. The Bertz CT molecular complexity index is 381. The highest BCUT2D eigenvalue weighted by atomic mass is 79.9. The molecule has 0 radical (unpaired) electrons. The van der Waals surface area contributed by atoms with E-state index in [0.717, 1.165) is 16.6 Å². The van der Waals surface area contributed by atoms with Gasteiger partial charge in [-0.2, -0.15) is 5.10 Å². The second kappa shape index (κ2) is 4.73. The Hall–Kier alpha value is -0.350. The molecule has 1 aliphatic carbocycles. The van der Waals surface area contributed by atoms with Crippen LogP contribution in [0.2, 0.25) is 0 Å². The fourth-order valence-electron chi connectivity index (χ4n) is 3.05. The normalized spacial score (nSPS) is 25.8. The first-order chi connectivity index (χ1) is 7.93. The lowest BCUT2D eigenvalue weighted by atomic mass is 9.66. The van der Waals surface area contributed by atoms with E-state index in [-0.39, 0.29) is 5.41 Å². The van der Waals surface area contributed by atoms with E-state index in [4.69, 9.17) is 0 Å². The van der Waals surface area contributed by atoms with Crippen LogP contribution in [0, 0.1) is 11.3 Å². The quantitative estimate of drug-likeness (QED) is 0.909. The SMILES string of the molecule is Cn1ncc(Br)c1C(O)C1CCCCC1(C)C. The molecule has 2 rings (SSSR count). The highest BCUT2D eigenvalue weighted by Crippen LogP contribution is 2.47. The molecule has 3 nitrogen and oxygen atoms in total. The minimum absolute atomic E-state index is 0.210. The molecule has 17 heavy (non-hydrogen) atoms. The lowest BCUT2D eigenvalue weighted by molar-refractivity contribution is -0.000934. The summed E-state index contributed by atoms with van der Waals surface area (Å²) in [7, 11) is 1.89. The molecule has 0 bridgehead atoms. The molecule has 2 atom stereocenters. The Labute approximate surface area is 111 Å². The topological polar surface area (TPSA) is 38.0 Å². The van der Waals surface area contributed by atoms with E-state index in [2.05, 4.69) is 34.9 Å². The summed E-state index contributed by atoms with van der Waals surface area (Å²) in [6, 6.07) is 0. The molecular weight excluding hydrogens is 280 g/mol. The first-order valence-electron chi connectivity index (χ1n) is 6.29. The standard InChI is InChI=1S/C13H21BrN2O/c1-13(2)7-5-4-6-9(13)12(17)11-10(14)8-15-16(11)3/h8-9,12,17H,4-7H2,1-3H3. The van der Waals surface area contributed by atoms with Gasteiger partial charge in [-0.3, -0.25) is 4.68 Å². The van der Waals surface area contributed by atoms with Crippen LogP contribution >= 0.6 is 15.9 Å². The molecule has 1 saturated carbocycles. The van der Waals surface area contributed by atoms with Crippen molar-refractivity contribution in [1.29, 1.82) is 0 Å². The van der Waals surface area contributed by atoms with Crippen LogP contribution in [0.25, 0.3) is 0 Å². The summed E-state index contributed by atoms with van der Waals surface area (Å²) in [5.41, 5.74) is 1.12. The van der Waals surface area contributed by atoms with E-state index in [1.165, 1.54) is 19.3 Å². The molecule has 1 aromatic rings. The minimum atomic E-state index is -0.424. The van der Waals surface area contributed by atoms with Gasteiger partial charge in [0.25, 0.3) is 0 Å². The Balaban J connectivity index is 2.27. The third-order valence-electron chi connectivity index (χ3n) is 4.19. The maximum Gasteiger partial charge on any atom is 0.100 e. The number of aromatic nitrogens is 2. The van der Waals surface area contributed by atoms with Gasteiger partial charge in [-0.1, -0.05) is 26.7 Å². The zero-order chi connectivity index (χ0) is 12.6. The van der Waals surface area contributed by atoms with Crippen molar-refractivity contribution < 1.29 is 5.11 Å². The molecule has 1 heterocycles. The van der Waals surface area contributed by atoms with Crippen LogP contribution < -0.4 is 0 Å². The third-order valence-corrected chi connectivity index (χ3v) is 4.80. The highest BCUT2D eigenvalue weighted by Gasteiger charge is 2.39. The third kappa shape index (κ3) is 2.43. The van der Waals surface area contributed by atoms with Crippen molar-refractivity contribution in [3.63, 3.8) is 0 Å². The fraction of sp³-hybridized carbons (Fsp3) is 0.769. The first kappa shape index (κ1) is 13.1. The van der Waals surface area contributed by atoms with Crippen molar-refractivity contribution in [1.82, 2.24) is 9.78 Å². The maximum absolute atomic E-state index is 10.6. The number of rotatable bonds is 2. The van der Waals surface area contributed by atoms with Crippen molar-refractivity contribution in [3.8, 4) is 0 Å². The molecular formula is C13H21BrN2O. The van der Waals surface area contributed by atoms with Crippen LogP contribution in [-0.4, -0.2) is 14.9 Å². The zero-order valence-corrected chi connectivity index (χ0v) is 12.4. The molecule has 0 aromatic carbocycles. The van der Waals surface area contributed by atoms with Gasteiger partial charge in [0.1, 0.15) is 6.10 Å². The van der Waals surface area contributed by atoms with Crippen molar-refractivity contribution in [2.75, 3.05) is 0 Å². The predicted molar refractivity (Wildman–Crippen MR) is 71.6 cm³/mol. The largest absolute Gasteiger partial charge is 0.386 e. The fourth-order valence-corrected chi connectivity index (χ4v) is 3.63. The Morgan fingerprint density at radius 2 is 2.24 bits per heavy atom. The van der Waals surface area contributed by atoms with Gasteiger partial charge in [0.05, 0.1) is 16.4 Å². The van der Waals surface area contributed by atoms with Crippen LogP contribution in [0.5, 0.6) is 0 Å². The number of aliphatic hydroxyl groups is 1. The van der Waals surface area contributed by atoms with E-state index < -0.39 is 6.10 Å². The van der Waals surface area contributed by atoms with Gasteiger partial charge in [-0.15, -0.1) is 0 Å². The summed E-state index contributed by atoms with van der Waals surface area (Å²) in [5, 5.41) is 14.8. The number of aliphatic hydroxyl groups excluding tert-OH is 1. The van der Waals surface area contributed by atoms with E-state index in [1.54, 1.807) is 10.9 Å². The molecule has 1 aromatic heterocycles. The second-order valence-corrected chi connectivity index (χ2v) is 6.64. The van der Waals surface area contributed by atoms with Crippen LogP contribution in [0.15, 0.2) is 10.7 Å². The van der Waals surface area contributed by atoms with Crippen molar-refractivity contribution >= 4 is 15.9 Å². The van der Waals surface area contributed by atoms with E-state index in [9.17, 15) is 5.11 Å². The van der Waals surface area contributed by atoms with Crippen LogP contribution in [0.1, 0.15) is 51.3 Å². The van der Waals surface area contributed by atoms with Gasteiger partial charge < -0.3 is 5.11 Å². The van der Waals surface area contributed by atoms with Crippen LogP contribution in [-0.2, 0) is 7.05 Å². The molecule has 2 unspecified atom stereocenters. The Kier molecular flexibility index (Phi) is 3.64. The second-order valence-electron chi connectivity index (χ2n) is 5.79. The number of halogens is 1. The average Bonchev–Trinajstić information content (AvgIpc) is 2.57. The molecule has 0 aliphatic heterocycles. The molecule has 4 heteroatoms. The summed E-state index contributed by atoms with van der Waals surface area (Å²) >= 11 is 3.48. The van der Waals surface area contributed by atoms with Crippen molar-refractivity contribution in [3.05, 3.63) is 16.4 Å². The highest BCUT2D eigenvalue weighted by molar-refractivity contribution is 9.10. The number of hydrogen-bond donors (Lipinski definition) is 1. The summed E-state index contributed by atoms with van der Waals surface area (Å²) in [6.45, 7) is 4.54. The molecule has 0 amide bonds. The average molecular weight is 301 g/mol. The van der Waals surface area contributed by atoms with Gasteiger partial charge in [-0.25, -0.2) is 0 Å². The van der Waals surface area contributed by atoms with Gasteiger partial charge in [0.2, 0.25) is 0 Å². The lowest BCUT2D eigenvalue weighted by Gasteiger charge is -2.41. The molecule has 1 fully saturated rings. The molecule has 1 N–H and O–H groups in total. The smallest absolute Gasteiger partial charge is 0.100 e. The summed E-state index contributed by atoms with van der Waals surface area (Å²) in [5.74, 6) is 0.322. The Morgan fingerprint density at radius 1 is 1.53 bits per heavy atom. The molecule has 0 spiro atoms. The maximum atomic E-state index is 10.6. The summed E-state index contributed by atoms with van der Waals surface area (Å²) < 4.78 is 2.69. The van der Waals surface area contributed by atoms with Crippen molar-refractivity contribution in [2.45, 2.75) is 45.6 Å². The molecule has 1 aliphatic rings. The van der Waals surface area contributed by atoms with Crippen LogP contribution in [0.3, 0.4) is 0 Å². The van der Waals surface area contributed by atoms with E-state index in [1.807, 2.05) is 7.05 Å². The van der Waals surface area contributed by atoms with Gasteiger partial charge >= 0.3 is 0 Å². The first-order valence-corrected chi connectivity index (χ1v) is 7.08. The van der Waals surface area contributed by atoms with E-state index >= 15 is 0 Å². The number of aryl methyl sites for hydroxylation is 1. The van der Waals surface area contributed by atoms with Crippen molar-refractivity contribution in [2.24, 2.45) is 18.4 Å². The molecule has 96 valence electrons. The summed E-state index contributed by atoms with van der Waals surface area (Å²) in [4.78, 5) is 0. The Morgan fingerprint density at radius 3 is 2.76 bits per heavy atom. The summed E-state index contributed by atoms with van der Waals surface area (Å²) in [6.07, 6.45) is 6.14.